The van der Waals surface area contributed by atoms with Gasteiger partial charge in [-0.05, 0) is 18.9 Å². The van der Waals surface area contributed by atoms with Gasteiger partial charge >= 0.3 is 0 Å². The summed E-state index contributed by atoms with van der Waals surface area (Å²) in [5, 5.41) is 0.796. The van der Waals surface area contributed by atoms with Gasteiger partial charge in [-0.2, -0.15) is 4.98 Å². The maximum atomic E-state index is 12.8. The van der Waals surface area contributed by atoms with Gasteiger partial charge in [0.25, 0.3) is 5.91 Å². The van der Waals surface area contributed by atoms with E-state index in [1.54, 1.807) is 19.1 Å². The third kappa shape index (κ3) is 2.89. The fourth-order valence-corrected chi connectivity index (χ4v) is 3.96. The van der Waals surface area contributed by atoms with E-state index in [0.717, 1.165) is 22.2 Å². The summed E-state index contributed by atoms with van der Waals surface area (Å²) in [6.45, 7) is 3.51. The van der Waals surface area contributed by atoms with Crippen molar-refractivity contribution in [2.75, 3.05) is 27.3 Å². The lowest BCUT2D eigenvalue weighted by Gasteiger charge is -2.15. The molecule has 2 aromatic heterocycles. The van der Waals surface area contributed by atoms with Crippen LogP contribution in [0.25, 0.3) is 10.2 Å². The third-order valence-corrected chi connectivity index (χ3v) is 5.15. The Bertz CT molecular complexity index is 746. The number of thiophene rings is 1. The number of rotatable bonds is 4. The summed E-state index contributed by atoms with van der Waals surface area (Å²) in [6, 6.07) is 0.0660. The number of aromatic nitrogens is 2. The molecule has 0 unspecified atom stereocenters. The van der Waals surface area contributed by atoms with Gasteiger partial charge in [0.15, 0.2) is 5.82 Å². The Hall–Kier alpha value is -1.77. The maximum Gasteiger partial charge on any atom is 0.264 e. The molecule has 23 heavy (non-hydrogen) atoms. The number of nitrogens with two attached hydrogens (primary N) is 1. The van der Waals surface area contributed by atoms with E-state index >= 15 is 0 Å². The van der Waals surface area contributed by atoms with Crippen molar-refractivity contribution in [3.63, 3.8) is 0 Å². The average molecular weight is 336 g/mol. The normalized spacial score (nSPS) is 17.9. The minimum Gasteiger partial charge on any atom is -0.480 e. The van der Waals surface area contributed by atoms with Crippen molar-refractivity contribution in [3.05, 3.63) is 16.3 Å². The number of methoxy groups -OCH3 is 2. The number of likely N-dealkylation sites (tertiary alicyclic amines) is 1. The number of nitrogens with zero attached hydrogens (tertiary/aromatic N) is 3. The molecule has 1 aliphatic rings. The summed E-state index contributed by atoms with van der Waals surface area (Å²) in [5.74, 6) is 1.03. The molecule has 2 N–H and O–H groups in total. The van der Waals surface area contributed by atoms with Gasteiger partial charge < -0.3 is 20.1 Å². The van der Waals surface area contributed by atoms with Crippen LogP contribution >= 0.6 is 11.3 Å². The summed E-state index contributed by atoms with van der Waals surface area (Å²) < 4.78 is 10.5. The second kappa shape index (κ2) is 6.38. The summed E-state index contributed by atoms with van der Waals surface area (Å²) >= 11 is 1.37. The van der Waals surface area contributed by atoms with Crippen LogP contribution in [0.5, 0.6) is 5.88 Å². The number of carbonyl (C=O) groups excluding carboxylic acids is 1. The Morgan fingerprint density at radius 1 is 1.43 bits per heavy atom. The molecule has 0 saturated carbocycles. The first-order valence-electron chi connectivity index (χ1n) is 7.43. The second-order valence-electron chi connectivity index (χ2n) is 5.62. The molecule has 0 bridgehead atoms. The van der Waals surface area contributed by atoms with Crippen LogP contribution in [0.1, 0.15) is 27.5 Å². The van der Waals surface area contributed by atoms with E-state index in [0.29, 0.717) is 36.3 Å². The molecule has 1 saturated heterocycles. The monoisotopic (exact) mass is 336 g/mol. The van der Waals surface area contributed by atoms with Gasteiger partial charge in [0.2, 0.25) is 5.88 Å². The highest BCUT2D eigenvalue weighted by atomic mass is 32.1. The number of carbonyl (C=O) groups is 1. The quantitative estimate of drug-likeness (QED) is 0.906. The van der Waals surface area contributed by atoms with Crippen molar-refractivity contribution in [3.8, 4) is 5.88 Å². The fourth-order valence-electron chi connectivity index (χ4n) is 2.80. The van der Waals surface area contributed by atoms with E-state index in [4.69, 9.17) is 15.2 Å². The van der Waals surface area contributed by atoms with Crippen molar-refractivity contribution in [2.24, 2.45) is 5.73 Å². The van der Waals surface area contributed by atoms with Crippen LogP contribution in [-0.2, 0) is 11.3 Å². The Balaban J connectivity index is 2.05. The van der Waals surface area contributed by atoms with Crippen molar-refractivity contribution >= 4 is 27.5 Å². The zero-order valence-corrected chi connectivity index (χ0v) is 14.3. The lowest BCUT2D eigenvalue weighted by Crippen LogP contribution is -2.31. The topological polar surface area (TPSA) is 90.6 Å². The highest BCUT2D eigenvalue weighted by Gasteiger charge is 2.28. The molecule has 7 nitrogen and oxygen atoms in total. The molecular formula is C15H20N4O3S. The van der Waals surface area contributed by atoms with Gasteiger partial charge in [-0.3, -0.25) is 4.79 Å². The highest BCUT2D eigenvalue weighted by Crippen LogP contribution is 2.36. The number of ether oxygens (including phenoxy) is 2. The lowest BCUT2D eigenvalue weighted by atomic mass is 10.2. The van der Waals surface area contributed by atoms with Crippen molar-refractivity contribution in [1.82, 2.24) is 14.9 Å². The third-order valence-electron chi connectivity index (χ3n) is 3.98. The summed E-state index contributed by atoms with van der Waals surface area (Å²) in [7, 11) is 3.15. The number of hydrogen-bond acceptors (Lipinski definition) is 7. The minimum atomic E-state index is 0.00814. The standard InChI is InChI=1S/C15H20N4O3S/c1-8-11-13(22-3)17-10(7-21-2)18-14(11)23-12(8)15(20)19-5-4-9(16)6-19/h9H,4-7,16H2,1-3H3/t9-/m1/s1. The first-order chi connectivity index (χ1) is 11.0. The number of amides is 1. The van der Waals surface area contributed by atoms with Crippen LogP contribution in [0.4, 0.5) is 0 Å². The molecule has 3 rings (SSSR count). The highest BCUT2D eigenvalue weighted by molar-refractivity contribution is 7.20. The summed E-state index contributed by atoms with van der Waals surface area (Å²) in [4.78, 5) is 24.8. The van der Waals surface area contributed by atoms with Gasteiger partial charge in [0, 0.05) is 26.2 Å². The van der Waals surface area contributed by atoms with Crippen LogP contribution < -0.4 is 10.5 Å². The zero-order chi connectivity index (χ0) is 16.6. The summed E-state index contributed by atoms with van der Waals surface area (Å²) in [5.41, 5.74) is 6.76. The molecule has 1 fully saturated rings. The van der Waals surface area contributed by atoms with E-state index in [-0.39, 0.29) is 11.9 Å². The van der Waals surface area contributed by atoms with E-state index < -0.39 is 0 Å². The Kier molecular flexibility index (Phi) is 4.47. The average Bonchev–Trinajstić information content (AvgIpc) is 3.10. The van der Waals surface area contributed by atoms with Crippen molar-refractivity contribution in [1.29, 1.82) is 0 Å². The number of aryl methyl sites for hydroxylation is 1. The van der Waals surface area contributed by atoms with E-state index in [2.05, 4.69) is 9.97 Å². The molecule has 1 atom stereocenters. The van der Waals surface area contributed by atoms with E-state index in [9.17, 15) is 4.79 Å². The molecule has 0 spiro atoms. The number of hydrogen-bond donors (Lipinski definition) is 1. The molecule has 124 valence electrons. The van der Waals surface area contributed by atoms with Gasteiger partial charge in [0.05, 0.1) is 17.4 Å². The predicted octanol–water partition coefficient (Wildman–Crippen LogP) is 1.33. The largest absolute Gasteiger partial charge is 0.480 e. The van der Waals surface area contributed by atoms with E-state index in [1.807, 2.05) is 6.92 Å². The Labute approximate surface area is 138 Å². The Morgan fingerprint density at radius 2 is 2.22 bits per heavy atom. The molecule has 2 aromatic rings. The molecule has 8 heteroatoms. The molecule has 1 aliphatic heterocycles. The molecular weight excluding hydrogens is 316 g/mol. The van der Waals surface area contributed by atoms with Crippen LogP contribution in [0.2, 0.25) is 0 Å². The van der Waals surface area contributed by atoms with Crippen LogP contribution in [0.3, 0.4) is 0 Å². The predicted molar refractivity (Wildman–Crippen MR) is 87.9 cm³/mol. The number of fused-ring (bicyclic) bond motifs is 1. The van der Waals surface area contributed by atoms with Gasteiger partial charge in [-0.15, -0.1) is 11.3 Å². The minimum absolute atomic E-state index is 0.00814. The second-order valence-corrected chi connectivity index (χ2v) is 6.62. The molecule has 0 radical (unpaired) electrons. The molecule has 0 aromatic carbocycles. The Morgan fingerprint density at radius 3 is 2.83 bits per heavy atom. The van der Waals surface area contributed by atoms with Crippen molar-refractivity contribution < 1.29 is 14.3 Å². The first-order valence-corrected chi connectivity index (χ1v) is 8.24. The summed E-state index contributed by atoms with van der Waals surface area (Å²) in [6.07, 6.45) is 0.844. The van der Waals surface area contributed by atoms with Crippen molar-refractivity contribution in [2.45, 2.75) is 26.0 Å². The first kappa shape index (κ1) is 16.1. The van der Waals surface area contributed by atoms with Gasteiger partial charge in [-0.1, -0.05) is 0 Å². The molecule has 3 heterocycles. The van der Waals surface area contributed by atoms with E-state index in [1.165, 1.54) is 11.3 Å². The van der Waals surface area contributed by atoms with Crippen LogP contribution in [0, 0.1) is 6.92 Å². The molecule has 1 amide bonds. The fraction of sp³-hybridized carbons (Fsp3) is 0.533. The lowest BCUT2D eigenvalue weighted by molar-refractivity contribution is 0.0795. The molecule has 0 aliphatic carbocycles. The van der Waals surface area contributed by atoms with Crippen LogP contribution in [0.15, 0.2) is 0 Å². The van der Waals surface area contributed by atoms with Gasteiger partial charge in [0.1, 0.15) is 11.4 Å². The zero-order valence-electron chi connectivity index (χ0n) is 13.5. The van der Waals surface area contributed by atoms with Gasteiger partial charge in [-0.25, -0.2) is 4.98 Å². The smallest absolute Gasteiger partial charge is 0.264 e. The maximum absolute atomic E-state index is 12.8. The SMILES string of the molecule is COCc1nc(OC)c2c(C)c(C(=O)N3CC[C@@H](N)C3)sc2n1. The van der Waals surface area contributed by atoms with Crippen LogP contribution in [-0.4, -0.2) is 54.1 Å².